The number of likely N-dealkylation sites (N-methyl/N-ethyl adjacent to an activating group) is 1. The fourth-order valence-electron chi connectivity index (χ4n) is 7.00. The lowest BCUT2D eigenvalue weighted by molar-refractivity contribution is -0.138. The highest BCUT2D eigenvalue weighted by Gasteiger charge is 2.36. The van der Waals surface area contributed by atoms with E-state index in [9.17, 15) is 18.0 Å². The molecule has 2 amide bonds. The van der Waals surface area contributed by atoms with Gasteiger partial charge in [-0.1, -0.05) is 13.8 Å². The van der Waals surface area contributed by atoms with Crippen LogP contribution >= 0.6 is 0 Å². The lowest BCUT2D eigenvalue weighted by Gasteiger charge is -2.34. The highest BCUT2D eigenvalue weighted by atomic mass is 19.4. The third-order valence-corrected chi connectivity index (χ3v) is 9.77. The summed E-state index contributed by atoms with van der Waals surface area (Å²) in [5.74, 6) is 1.08. The third kappa shape index (κ3) is 7.22. The Balaban J connectivity index is 1.06. The Labute approximate surface area is 282 Å². The molecule has 14 heteroatoms. The second-order valence-corrected chi connectivity index (χ2v) is 13.0. The number of urea groups is 1. The zero-order chi connectivity index (χ0) is 34.1. The fraction of sp³-hybridized carbons (Fsp3) is 0.486. The van der Waals surface area contributed by atoms with Gasteiger partial charge in [0.15, 0.2) is 0 Å². The van der Waals surface area contributed by atoms with Gasteiger partial charge < -0.3 is 29.6 Å². The number of amides is 2. The minimum absolute atomic E-state index is 0.00140. The Morgan fingerprint density at radius 3 is 2.63 bits per heavy atom. The summed E-state index contributed by atoms with van der Waals surface area (Å²) in [5.41, 5.74) is 2.49. The van der Waals surface area contributed by atoms with E-state index in [2.05, 4.69) is 32.1 Å². The molecular weight excluding hydrogens is 637 g/mol. The number of rotatable bonds is 8. The molecule has 11 nitrogen and oxygen atoms in total. The quantitative estimate of drug-likeness (QED) is 0.212. The Morgan fingerprint density at radius 2 is 1.90 bits per heavy atom. The molecule has 7 rings (SSSR count). The van der Waals surface area contributed by atoms with Crippen LogP contribution in [0.1, 0.15) is 73.3 Å². The van der Waals surface area contributed by atoms with Gasteiger partial charge in [-0.25, -0.2) is 9.78 Å². The van der Waals surface area contributed by atoms with Crippen molar-refractivity contribution in [3.63, 3.8) is 0 Å². The summed E-state index contributed by atoms with van der Waals surface area (Å²) in [6, 6.07) is 6.18. The van der Waals surface area contributed by atoms with Crippen molar-refractivity contribution in [3.8, 4) is 11.5 Å². The number of halogens is 3. The van der Waals surface area contributed by atoms with Gasteiger partial charge in [-0.3, -0.25) is 14.9 Å². The number of aromatic amines is 1. The van der Waals surface area contributed by atoms with Crippen LogP contribution in [0.3, 0.4) is 0 Å². The first-order valence-electron chi connectivity index (χ1n) is 17.0. The number of alkyl halides is 3. The number of hydrogen-bond acceptors (Lipinski definition) is 8. The summed E-state index contributed by atoms with van der Waals surface area (Å²) in [4.78, 5) is 36.1. The topological polar surface area (TPSA) is 112 Å². The maximum Gasteiger partial charge on any atom is 0.418 e. The summed E-state index contributed by atoms with van der Waals surface area (Å²) in [6.07, 6.45) is 2.77. The number of aromatic nitrogens is 4. The van der Waals surface area contributed by atoms with E-state index in [0.29, 0.717) is 36.8 Å². The molecule has 2 fully saturated rings. The van der Waals surface area contributed by atoms with Crippen molar-refractivity contribution in [2.75, 3.05) is 51.2 Å². The summed E-state index contributed by atoms with van der Waals surface area (Å²) in [7, 11) is 0. The van der Waals surface area contributed by atoms with Crippen LogP contribution in [-0.4, -0.2) is 86.5 Å². The van der Waals surface area contributed by atoms with Gasteiger partial charge in [0.2, 0.25) is 0 Å². The summed E-state index contributed by atoms with van der Waals surface area (Å²) in [6.45, 7) is 9.43. The van der Waals surface area contributed by atoms with Gasteiger partial charge in [-0.05, 0) is 55.6 Å². The second kappa shape index (κ2) is 13.9. The number of fused-ring (bicyclic) bond motifs is 2. The van der Waals surface area contributed by atoms with E-state index in [1.54, 1.807) is 23.4 Å². The standard InChI is InChI=1S/C35H41F3N8O3/c1-3-22-19-46(34(47)42-24-15-27(35(36,37)38)29(40-17-24)21-45-11-9-44(4-2)10-12-45)20-23-14-25(18-41-32(22)23)49-30-7-8-39-33-26(30)16-28(43-33)31-6-5-13-48-31/h7-8,14-18,22,31H,3-6,9-13,19-21H2,1-2H3,(H,39,43)(H,42,47). The normalized spacial score (nSPS) is 20.5. The summed E-state index contributed by atoms with van der Waals surface area (Å²) in [5, 5.41) is 3.50. The zero-order valence-corrected chi connectivity index (χ0v) is 27.7. The molecule has 2 N–H and O–H groups in total. The molecule has 0 spiro atoms. The van der Waals surface area contributed by atoms with Crippen LogP contribution in [-0.2, 0) is 24.0 Å². The average molecular weight is 679 g/mol. The first-order valence-corrected chi connectivity index (χ1v) is 17.0. The first-order chi connectivity index (χ1) is 23.7. The van der Waals surface area contributed by atoms with Crippen molar-refractivity contribution >= 4 is 22.8 Å². The lowest BCUT2D eigenvalue weighted by Crippen LogP contribution is -2.45. The smallest absolute Gasteiger partial charge is 0.418 e. The molecule has 2 atom stereocenters. The van der Waals surface area contributed by atoms with Gasteiger partial charge in [0.25, 0.3) is 0 Å². The molecule has 4 aromatic heterocycles. The molecule has 0 radical (unpaired) electrons. The van der Waals surface area contributed by atoms with Crippen LogP contribution in [0, 0.1) is 0 Å². The number of carbonyl (C=O) groups excluding carboxylic acids is 1. The maximum absolute atomic E-state index is 14.2. The van der Waals surface area contributed by atoms with Crippen LogP contribution in [0.2, 0.25) is 0 Å². The highest BCUT2D eigenvalue weighted by molar-refractivity contribution is 5.89. The van der Waals surface area contributed by atoms with Gasteiger partial charge in [-0.2, -0.15) is 13.2 Å². The molecule has 0 aliphatic carbocycles. The number of pyridine rings is 3. The van der Waals surface area contributed by atoms with E-state index >= 15 is 0 Å². The molecule has 4 aromatic rings. The van der Waals surface area contributed by atoms with Crippen LogP contribution in [0.15, 0.2) is 42.9 Å². The van der Waals surface area contributed by atoms with Crippen LogP contribution < -0.4 is 10.1 Å². The van der Waals surface area contributed by atoms with Gasteiger partial charge in [0.05, 0.1) is 46.5 Å². The number of piperazine rings is 1. The average Bonchev–Trinajstić information content (AvgIpc) is 3.79. The third-order valence-electron chi connectivity index (χ3n) is 9.77. The molecule has 3 aliphatic heterocycles. The number of anilines is 1. The number of H-pyrrole nitrogens is 1. The molecule has 49 heavy (non-hydrogen) atoms. The zero-order valence-electron chi connectivity index (χ0n) is 27.7. The minimum atomic E-state index is -4.61. The van der Waals surface area contributed by atoms with Gasteiger partial charge >= 0.3 is 12.2 Å². The van der Waals surface area contributed by atoms with E-state index in [-0.39, 0.29) is 36.5 Å². The van der Waals surface area contributed by atoms with E-state index in [4.69, 9.17) is 14.5 Å². The van der Waals surface area contributed by atoms with Gasteiger partial charge in [-0.15, -0.1) is 0 Å². The molecule has 0 aromatic carbocycles. The van der Waals surface area contributed by atoms with E-state index in [1.807, 2.05) is 24.0 Å². The number of nitrogens with zero attached hydrogens (tertiary/aromatic N) is 6. The van der Waals surface area contributed by atoms with E-state index < -0.39 is 17.8 Å². The SMILES string of the molecule is CCC1CN(C(=O)Nc2cnc(CN3CCN(CC)CC3)c(C(F)(F)F)c2)Cc2cc(Oc3ccnc4[nH]c(C5CCCO5)cc34)cnc21. The van der Waals surface area contributed by atoms with Crippen molar-refractivity contribution in [2.45, 2.75) is 64.4 Å². The molecule has 7 heterocycles. The molecule has 2 saturated heterocycles. The summed E-state index contributed by atoms with van der Waals surface area (Å²) >= 11 is 0. The molecular formula is C35H41F3N8O3. The van der Waals surface area contributed by atoms with Crippen LogP contribution in [0.5, 0.6) is 11.5 Å². The fourth-order valence-corrected chi connectivity index (χ4v) is 7.00. The molecule has 0 saturated carbocycles. The van der Waals surface area contributed by atoms with Crippen molar-refractivity contribution in [1.29, 1.82) is 0 Å². The molecule has 260 valence electrons. The predicted octanol–water partition coefficient (Wildman–Crippen LogP) is 6.69. The lowest BCUT2D eigenvalue weighted by atomic mass is 9.92. The van der Waals surface area contributed by atoms with Gasteiger partial charge in [0, 0.05) is 70.2 Å². The van der Waals surface area contributed by atoms with Crippen molar-refractivity contribution in [2.24, 2.45) is 0 Å². The molecule has 2 unspecified atom stereocenters. The van der Waals surface area contributed by atoms with E-state index in [0.717, 1.165) is 73.9 Å². The number of ether oxygens (including phenoxy) is 2. The molecule has 0 bridgehead atoms. The predicted molar refractivity (Wildman–Crippen MR) is 177 cm³/mol. The van der Waals surface area contributed by atoms with Crippen LogP contribution in [0.25, 0.3) is 11.0 Å². The van der Waals surface area contributed by atoms with Crippen molar-refractivity contribution < 1.29 is 27.4 Å². The minimum Gasteiger partial charge on any atom is -0.455 e. The Morgan fingerprint density at radius 1 is 1.08 bits per heavy atom. The number of carbonyl (C=O) groups is 1. The maximum atomic E-state index is 14.2. The van der Waals surface area contributed by atoms with Gasteiger partial charge in [0.1, 0.15) is 17.1 Å². The van der Waals surface area contributed by atoms with E-state index in [1.165, 1.54) is 6.20 Å². The number of hydrogen-bond donors (Lipinski definition) is 2. The number of nitrogens with one attached hydrogen (secondary N) is 2. The Hall–Kier alpha value is -4.27. The van der Waals surface area contributed by atoms with Crippen LogP contribution in [0.4, 0.5) is 23.7 Å². The summed E-state index contributed by atoms with van der Waals surface area (Å²) < 4.78 is 54.7. The monoisotopic (exact) mass is 678 g/mol. The molecule has 3 aliphatic rings. The first kappa shape index (κ1) is 33.2. The largest absolute Gasteiger partial charge is 0.455 e. The Kier molecular flexibility index (Phi) is 9.44. The second-order valence-electron chi connectivity index (χ2n) is 13.0. The Bertz CT molecular complexity index is 1800. The van der Waals surface area contributed by atoms with Crippen molar-refractivity contribution in [3.05, 3.63) is 71.1 Å². The van der Waals surface area contributed by atoms with Crippen molar-refractivity contribution in [1.82, 2.24) is 34.6 Å². The highest BCUT2D eigenvalue weighted by Crippen LogP contribution is 2.37.